The van der Waals surface area contributed by atoms with E-state index in [-0.39, 0.29) is 44.4 Å². The van der Waals surface area contributed by atoms with E-state index in [9.17, 15) is 39.0 Å². The van der Waals surface area contributed by atoms with Gasteiger partial charge in [0.25, 0.3) is 0 Å². The zero-order chi connectivity index (χ0) is 28.4. The summed E-state index contributed by atoms with van der Waals surface area (Å²) < 4.78 is 0. The Bertz CT molecular complexity index is 1050. The van der Waals surface area contributed by atoms with Crippen LogP contribution in [0.1, 0.15) is 44.1 Å². The number of aromatic hydroxyl groups is 1. The number of carbonyl (C=O) groups is 6. The number of amides is 5. The van der Waals surface area contributed by atoms with Crippen molar-refractivity contribution in [2.75, 3.05) is 6.54 Å². The SMILES string of the molecule is NC(=O)CC[C@H](NC(=O)[C@@H]1CCCN1C(=O)[C@@H](N)CCC(N)=O)C(=O)N[C@@H](Cc1ccc(O)cc1)C(=O)O. The van der Waals surface area contributed by atoms with Gasteiger partial charge in [0.15, 0.2) is 0 Å². The van der Waals surface area contributed by atoms with Crippen molar-refractivity contribution in [2.24, 2.45) is 17.2 Å². The topological polar surface area (TPSA) is 248 Å². The first-order valence-corrected chi connectivity index (χ1v) is 12.1. The number of benzene rings is 1. The number of carbonyl (C=O) groups excluding carboxylic acids is 5. The normalized spacial score (nSPS) is 17.2. The lowest BCUT2D eigenvalue weighted by atomic mass is 10.0. The predicted molar refractivity (Wildman–Crippen MR) is 133 cm³/mol. The van der Waals surface area contributed by atoms with Crippen LogP contribution in [0.5, 0.6) is 5.75 Å². The molecule has 38 heavy (non-hydrogen) atoms. The number of carboxylic acid groups (broad SMARTS) is 1. The van der Waals surface area contributed by atoms with Gasteiger partial charge in [0.1, 0.15) is 23.9 Å². The zero-order valence-electron chi connectivity index (χ0n) is 20.8. The van der Waals surface area contributed by atoms with Crippen LogP contribution in [0.25, 0.3) is 0 Å². The van der Waals surface area contributed by atoms with Crippen molar-refractivity contribution in [1.82, 2.24) is 15.5 Å². The van der Waals surface area contributed by atoms with Crippen LogP contribution in [0.4, 0.5) is 0 Å². The van der Waals surface area contributed by atoms with E-state index in [2.05, 4.69) is 10.6 Å². The molecule has 14 nitrogen and oxygen atoms in total. The molecule has 4 atom stereocenters. The molecular weight excluding hydrogens is 500 g/mol. The molecule has 14 heteroatoms. The van der Waals surface area contributed by atoms with E-state index < -0.39 is 59.7 Å². The summed E-state index contributed by atoms with van der Waals surface area (Å²) in [5.41, 5.74) is 16.7. The average Bonchev–Trinajstić information content (AvgIpc) is 3.35. The third-order valence-electron chi connectivity index (χ3n) is 6.16. The molecule has 1 aliphatic heterocycles. The van der Waals surface area contributed by atoms with Crippen molar-refractivity contribution in [3.8, 4) is 5.75 Å². The highest BCUT2D eigenvalue weighted by molar-refractivity contribution is 5.94. The highest BCUT2D eigenvalue weighted by atomic mass is 16.4. The molecule has 0 saturated carbocycles. The molecule has 0 spiro atoms. The molecule has 5 amide bonds. The van der Waals surface area contributed by atoms with Crippen LogP contribution < -0.4 is 27.8 Å². The van der Waals surface area contributed by atoms with Gasteiger partial charge in [0.2, 0.25) is 29.5 Å². The van der Waals surface area contributed by atoms with Gasteiger partial charge in [-0.3, -0.25) is 24.0 Å². The Hall–Kier alpha value is -4.20. The number of phenolic OH excluding ortho intramolecular Hbond substituents is 1. The van der Waals surface area contributed by atoms with Gasteiger partial charge in [0, 0.05) is 25.8 Å². The van der Waals surface area contributed by atoms with Crippen LogP contribution in [0, 0.1) is 0 Å². The Labute approximate surface area is 218 Å². The minimum atomic E-state index is -1.37. The summed E-state index contributed by atoms with van der Waals surface area (Å²) in [6, 6.07) is 1.10. The maximum atomic E-state index is 13.1. The maximum absolute atomic E-state index is 13.1. The molecule has 0 aliphatic carbocycles. The number of hydrogen-bond donors (Lipinski definition) is 7. The lowest BCUT2D eigenvalue weighted by Gasteiger charge is -2.28. The fourth-order valence-electron chi connectivity index (χ4n) is 4.10. The molecule has 1 aliphatic rings. The van der Waals surface area contributed by atoms with Gasteiger partial charge in [-0.15, -0.1) is 0 Å². The average molecular weight is 535 g/mol. The van der Waals surface area contributed by atoms with E-state index in [0.717, 1.165) is 0 Å². The number of primary amides is 2. The van der Waals surface area contributed by atoms with Crippen molar-refractivity contribution in [2.45, 2.75) is 69.1 Å². The number of rotatable bonds is 14. The van der Waals surface area contributed by atoms with Gasteiger partial charge in [-0.1, -0.05) is 12.1 Å². The van der Waals surface area contributed by atoms with E-state index in [1.165, 1.54) is 29.2 Å². The Balaban J connectivity index is 2.12. The number of nitrogens with two attached hydrogens (primary N) is 3. The molecule has 0 bridgehead atoms. The van der Waals surface area contributed by atoms with E-state index >= 15 is 0 Å². The van der Waals surface area contributed by atoms with Crippen molar-refractivity contribution >= 4 is 35.5 Å². The number of phenols is 1. The third kappa shape index (κ3) is 9.03. The molecule has 1 aromatic rings. The first-order valence-electron chi connectivity index (χ1n) is 12.1. The van der Waals surface area contributed by atoms with Crippen LogP contribution in [-0.2, 0) is 35.2 Å². The van der Waals surface area contributed by atoms with Crippen LogP contribution in [0.3, 0.4) is 0 Å². The summed E-state index contributed by atoms with van der Waals surface area (Å²) in [6.07, 6.45) is 0.145. The quantitative estimate of drug-likeness (QED) is 0.137. The van der Waals surface area contributed by atoms with Gasteiger partial charge in [0.05, 0.1) is 6.04 Å². The van der Waals surface area contributed by atoms with Gasteiger partial charge < -0.3 is 42.9 Å². The van der Waals surface area contributed by atoms with Crippen molar-refractivity contribution in [3.63, 3.8) is 0 Å². The summed E-state index contributed by atoms with van der Waals surface area (Å²) in [6.45, 7) is 0.243. The molecule has 2 rings (SSSR count). The van der Waals surface area contributed by atoms with Gasteiger partial charge in [-0.25, -0.2) is 4.79 Å². The third-order valence-corrected chi connectivity index (χ3v) is 6.16. The fourth-order valence-corrected chi connectivity index (χ4v) is 4.10. The second-order valence-electron chi connectivity index (χ2n) is 9.14. The smallest absolute Gasteiger partial charge is 0.326 e. The molecule has 0 radical (unpaired) electrons. The Kier molecular flexibility index (Phi) is 11.0. The number of nitrogens with one attached hydrogen (secondary N) is 2. The van der Waals surface area contributed by atoms with Gasteiger partial charge >= 0.3 is 5.97 Å². The number of nitrogens with zero attached hydrogens (tertiary/aromatic N) is 1. The molecule has 1 heterocycles. The number of likely N-dealkylation sites (tertiary alicyclic amines) is 1. The van der Waals surface area contributed by atoms with Crippen LogP contribution in [0.2, 0.25) is 0 Å². The predicted octanol–water partition coefficient (Wildman–Crippen LogP) is -2.16. The molecular formula is C24H34N6O8. The molecule has 0 unspecified atom stereocenters. The molecule has 1 fully saturated rings. The minimum absolute atomic E-state index is 0.00727. The first-order chi connectivity index (χ1) is 17.9. The highest BCUT2D eigenvalue weighted by Crippen LogP contribution is 2.20. The summed E-state index contributed by atoms with van der Waals surface area (Å²) in [4.78, 5) is 74.3. The Morgan fingerprint density at radius 2 is 1.55 bits per heavy atom. The molecule has 10 N–H and O–H groups in total. The summed E-state index contributed by atoms with van der Waals surface area (Å²) in [7, 11) is 0. The van der Waals surface area contributed by atoms with Crippen LogP contribution in [-0.4, -0.2) is 81.3 Å². The number of aliphatic carboxylic acids is 1. The largest absolute Gasteiger partial charge is 0.508 e. The van der Waals surface area contributed by atoms with Crippen molar-refractivity contribution in [3.05, 3.63) is 29.8 Å². The Morgan fingerprint density at radius 1 is 0.947 bits per heavy atom. The number of hydrogen-bond acceptors (Lipinski definition) is 8. The second kappa shape index (κ2) is 13.9. The summed E-state index contributed by atoms with van der Waals surface area (Å²) >= 11 is 0. The van der Waals surface area contributed by atoms with E-state index in [1.807, 2.05) is 0 Å². The summed E-state index contributed by atoms with van der Waals surface area (Å²) in [5.74, 6) is -4.74. The zero-order valence-corrected chi connectivity index (χ0v) is 20.8. The minimum Gasteiger partial charge on any atom is -0.508 e. The molecule has 0 aromatic heterocycles. The highest BCUT2D eigenvalue weighted by Gasteiger charge is 2.38. The monoisotopic (exact) mass is 534 g/mol. The fraction of sp³-hybridized carbons (Fsp3) is 0.500. The standard InChI is InChI=1S/C24H34N6O8/c25-15(7-9-19(26)32)23(36)30-11-1-2-18(30)22(35)28-16(8-10-20(27)33)21(34)29-17(24(37)38)12-13-3-5-14(31)6-4-13/h3-6,15-18,31H,1-2,7-12,25H2,(H2,26,32)(H2,27,33)(H,28,35)(H,29,34)(H,37,38)/t15-,16-,17-,18-/m0/s1. The second-order valence-corrected chi connectivity index (χ2v) is 9.14. The summed E-state index contributed by atoms with van der Waals surface area (Å²) in [5, 5.41) is 23.9. The lowest BCUT2D eigenvalue weighted by molar-refractivity contribution is -0.143. The molecule has 208 valence electrons. The van der Waals surface area contributed by atoms with Crippen molar-refractivity contribution < 1.29 is 39.0 Å². The lowest BCUT2D eigenvalue weighted by Crippen LogP contribution is -2.57. The van der Waals surface area contributed by atoms with Gasteiger partial charge in [-0.2, -0.15) is 0 Å². The first kappa shape index (κ1) is 30.0. The van der Waals surface area contributed by atoms with Crippen LogP contribution in [0.15, 0.2) is 24.3 Å². The number of carboxylic acids is 1. The maximum Gasteiger partial charge on any atom is 0.326 e. The Morgan fingerprint density at radius 3 is 2.13 bits per heavy atom. The van der Waals surface area contributed by atoms with E-state index in [4.69, 9.17) is 17.2 Å². The van der Waals surface area contributed by atoms with E-state index in [0.29, 0.717) is 18.4 Å². The molecule has 1 aromatic carbocycles. The van der Waals surface area contributed by atoms with Crippen LogP contribution >= 0.6 is 0 Å². The van der Waals surface area contributed by atoms with Gasteiger partial charge in [-0.05, 0) is 43.4 Å². The molecule has 1 saturated heterocycles. The van der Waals surface area contributed by atoms with Crippen molar-refractivity contribution in [1.29, 1.82) is 0 Å². The van der Waals surface area contributed by atoms with E-state index in [1.54, 1.807) is 0 Å².